The molecular weight excluding hydrogens is 316 g/mol. The maximum atomic E-state index is 12.9. The van der Waals surface area contributed by atoms with E-state index in [9.17, 15) is 4.79 Å². The van der Waals surface area contributed by atoms with Crippen molar-refractivity contribution >= 4 is 21.8 Å². The van der Waals surface area contributed by atoms with E-state index in [2.05, 4.69) is 21.2 Å². The zero-order valence-corrected chi connectivity index (χ0v) is 14.3. The summed E-state index contributed by atoms with van der Waals surface area (Å²) in [6.07, 6.45) is 4.36. The van der Waals surface area contributed by atoms with Crippen molar-refractivity contribution in [1.29, 1.82) is 0 Å². The average Bonchev–Trinajstić information content (AvgIpc) is 3.21. The van der Waals surface area contributed by atoms with Crippen LogP contribution in [0.3, 0.4) is 0 Å². The van der Waals surface area contributed by atoms with Gasteiger partial charge >= 0.3 is 0 Å². The minimum atomic E-state index is -0.0181. The second-order valence-electron chi connectivity index (χ2n) is 6.29. The Labute approximate surface area is 144 Å². The van der Waals surface area contributed by atoms with Gasteiger partial charge in [-0.3, -0.25) is 9.89 Å². The molecule has 0 bridgehead atoms. The number of hydrogen-bond donors (Lipinski definition) is 2. The first kappa shape index (κ1) is 15.6. The first-order valence-corrected chi connectivity index (χ1v) is 8.30. The molecule has 0 saturated carbocycles. The van der Waals surface area contributed by atoms with Gasteiger partial charge in [0.05, 0.1) is 29.1 Å². The number of aromatic nitrogens is 5. The Bertz CT molecular complexity index is 1130. The Morgan fingerprint density at radius 2 is 2.16 bits per heavy atom. The molecule has 0 aliphatic rings. The lowest BCUT2D eigenvalue weighted by atomic mass is 10.1. The molecule has 128 valence electrons. The third kappa shape index (κ3) is 2.35. The average molecular weight is 336 g/mol. The number of hydrogen-bond acceptors (Lipinski definition) is 4. The molecule has 0 atom stereocenters. The van der Waals surface area contributed by atoms with Crippen molar-refractivity contribution in [2.24, 2.45) is 12.8 Å². The summed E-state index contributed by atoms with van der Waals surface area (Å²) in [5.41, 5.74) is 10.1. The lowest BCUT2D eigenvalue weighted by molar-refractivity contribution is 0.654. The Balaban J connectivity index is 2.07. The van der Waals surface area contributed by atoms with Crippen LogP contribution in [0.4, 0.5) is 0 Å². The van der Waals surface area contributed by atoms with Gasteiger partial charge in [0.15, 0.2) is 0 Å². The summed E-state index contributed by atoms with van der Waals surface area (Å²) in [6.45, 7) is 3.02. The summed E-state index contributed by atoms with van der Waals surface area (Å²) >= 11 is 0. The Morgan fingerprint density at radius 3 is 2.88 bits per heavy atom. The number of fused-ring (bicyclic) bond motifs is 3. The van der Waals surface area contributed by atoms with Gasteiger partial charge in [0, 0.05) is 30.2 Å². The number of benzene rings is 1. The van der Waals surface area contributed by atoms with Crippen LogP contribution in [0.2, 0.25) is 0 Å². The molecule has 3 N–H and O–H groups in total. The molecule has 7 nitrogen and oxygen atoms in total. The van der Waals surface area contributed by atoms with Gasteiger partial charge in [-0.15, -0.1) is 0 Å². The number of imidazole rings is 1. The number of pyridine rings is 1. The smallest absolute Gasteiger partial charge is 0.262 e. The zero-order valence-electron chi connectivity index (χ0n) is 14.3. The summed E-state index contributed by atoms with van der Waals surface area (Å²) in [6, 6.07) is 6.08. The van der Waals surface area contributed by atoms with Crippen molar-refractivity contribution in [3.8, 4) is 11.3 Å². The molecule has 0 saturated heterocycles. The van der Waals surface area contributed by atoms with Gasteiger partial charge in [-0.1, -0.05) is 6.07 Å². The summed E-state index contributed by atoms with van der Waals surface area (Å²) in [7, 11) is 1.96. The van der Waals surface area contributed by atoms with E-state index in [1.807, 2.05) is 36.9 Å². The molecule has 3 heterocycles. The molecule has 25 heavy (non-hydrogen) atoms. The van der Waals surface area contributed by atoms with E-state index in [1.165, 1.54) is 0 Å². The second kappa shape index (κ2) is 5.86. The molecule has 0 fully saturated rings. The monoisotopic (exact) mass is 336 g/mol. The van der Waals surface area contributed by atoms with Crippen molar-refractivity contribution in [3.63, 3.8) is 0 Å². The van der Waals surface area contributed by atoms with Crippen LogP contribution in [0, 0.1) is 6.92 Å². The summed E-state index contributed by atoms with van der Waals surface area (Å²) in [4.78, 5) is 17.1. The predicted molar refractivity (Wildman–Crippen MR) is 98.5 cm³/mol. The molecule has 0 spiro atoms. The van der Waals surface area contributed by atoms with Gasteiger partial charge in [-0.2, -0.15) is 5.10 Å². The molecule has 3 aromatic heterocycles. The molecule has 0 radical (unpaired) electrons. The molecule has 0 amide bonds. The van der Waals surface area contributed by atoms with E-state index in [4.69, 9.17) is 5.73 Å². The van der Waals surface area contributed by atoms with E-state index < -0.39 is 0 Å². The maximum Gasteiger partial charge on any atom is 0.262 e. The van der Waals surface area contributed by atoms with Crippen LogP contribution in [0.15, 0.2) is 35.5 Å². The third-order valence-corrected chi connectivity index (χ3v) is 4.65. The Hall–Kier alpha value is -2.93. The number of nitrogens with zero attached hydrogens (tertiary/aromatic N) is 4. The molecular formula is C18H20N6O. The van der Waals surface area contributed by atoms with Crippen LogP contribution in [-0.4, -0.2) is 30.9 Å². The molecule has 7 heteroatoms. The second-order valence-corrected chi connectivity index (χ2v) is 6.29. The minimum Gasteiger partial charge on any atom is -0.334 e. The number of nitrogens with one attached hydrogen (secondary N) is 1. The van der Waals surface area contributed by atoms with E-state index in [0.717, 1.165) is 34.3 Å². The summed E-state index contributed by atoms with van der Waals surface area (Å²) in [5.74, 6) is 0. The molecule has 4 rings (SSSR count). The molecule has 0 aliphatic heterocycles. The van der Waals surface area contributed by atoms with Crippen molar-refractivity contribution in [3.05, 3.63) is 46.8 Å². The van der Waals surface area contributed by atoms with Gasteiger partial charge in [0.2, 0.25) is 0 Å². The van der Waals surface area contributed by atoms with Gasteiger partial charge in [0.1, 0.15) is 5.52 Å². The first-order valence-electron chi connectivity index (χ1n) is 8.30. The third-order valence-electron chi connectivity index (χ3n) is 4.65. The van der Waals surface area contributed by atoms with Gasteiger partial charge in [-0.25, -0.2) is 4.98 Å². The highest BCUT2D eigenvalue weighted by Crippen LogP contribution is 2.28. The lowest BCUT2D eigenvalue weighted by Crippen LogP contribution is -2.22. The zero-order chi connectivity index (χ0) is 17.6. The molecule has 4 aromatic rings. The Kier molecular flexibility index (Phi) is 3.65. The maximum absolute atomic E-state index is 12.9. The highest BCUT2D eigenvalue weighted by Gasteiger charge is 2.16. The van der Waals surface area contributed by atoms with E-state index in [1.54, 1.807) is 10.9 Å². The van der Waals surface area contributed by atoms with Crippen LogP contribution in [0.1, 0.15) is 12.1 Å². The van der Waals surface area contributed by atoms with Crippen molar-refractivity contribution in [1.82, 2.24) is 24.3 Å². The van der Waals surface area contributed by atoms with Gasteiger partial charge in [-0.05, 0) is 32.0 Å². The number of nitrogens with two attached hydrogens (primary N) is 1. The molecule has 0 aliphatic carbocycles. The fourth-order valence-corrected chi connectivity index (χ4v) is 3.36. The largest absolute Gasteiger partial charge is 0.334 e. The minimum absolute atomic E-state index is 0.0181. The highest BCUT2D eigenvalue weighted by atomic mass is 16.1. The fourth-order valence-electron chi connectivity index (χ4n) is 3.36. The van der Waals surface area contributed by atoms with E-state index in [-0.39, 0.29) is 5.56 Å². The lowest BCUT2D eigenvalue weighted by Gasteiger charge is -2.12. The number of H-pyrrole nitrogens is 1. The van der Waals surface area contributed by atoms with Crippen molar-refractivity contribution < 1.29 is 0 Å². The van der Waals surface area contributed by atoms with Crippen molar-refractivity contribution in [2.75, 3.05) is 6.54 Å². The fraction of sp³-hybridized carbons (Fsp3) is 0.278. The van der Waals surface area contributed by atoms with Crippen LogP contribution >= 0.6 is 0 Å². The SMILES string of the molecule is Cc1[nH]nc2c1c(=O)n(CCCN)c1ccc(-c3cncn3C)cc21. The summed E-state index contributed by atoms with van der Waals surface area (Å²) in [5, 5.41) is 8.94. The topological polar surface area (TPSA) is 94.5 Å². The van der Waals surface area contributed by atoms with Crippen molar-refractivity contribution in [2.45, 2.75) is 19.9 Å². The predicted octanol–water partition coefficient (Wildman–Crippen LogP) is 1.94. The van der Waals surface area contributed by atoms with Crippen LogP contribution < -0.4 is 11.3 Å². The van der Waals surface area contributed by atoms with E-state index >= 15 is 0 Å². The quantitative estimate of drug-likeness (QED) is 0.595. The van der Waals surface area contributed by atoms with Gasteiger partial charge < -0.3 is 14.9 Å². The number of aromatic amines is 1. The highest BCUT2D eigenvalue weighted by molar-refractivity contribution is 6.05. The van der Waals surface area contributed by atoms with Crippen LogP contribution in [0.5, 0.6) is 0 Å². The number of aryl methyl sites for hydroxylation is 3. The molecule has 1 aromatic carbocycles. The first-order chi connectivity index (χ1) is 12.1. The van der Waals surface area contributed by atoms with E-state index in [0.29, 0.717) is 24.0 Å². The van der Waals surface area contributed by atoms with Crippen LogP contribution in [0.25, 0.3) is 33.1 Å². The standard InChI is InChI=1S/C18H20N6O/c1-11-16-17(22-21-11)13-8-12(15-9-20-10-23(15)2)4-5-14(13)24(18(16)25)7-3-6-19/h4-5,8-10H,3,6-7,19H2,1-2H3,(H,21,22). The van der Waals surface area contributed by atoms with Gasteiger partial charge in [0.25, 0.3) is 5.56 Å². The normalized spacial score (nSPS) is 11.6. The van der Waals surface area contributed by atoms with Crippen LogP contribution in [-0.2, 0) is 13.6 Å². The summed E-state index contributed by atoms with van der Waals surface area (Å²) < 4.78 is 3.78. The Morgan fingerprint density at radius 1 is 1.32 bits per heavy atom. The molecule has 0 unspecified atom stereocenters. The number of rotatable bonds is 4.